The number of rotatable bonds is 6. The molecule has 3 aromatic rings. The minimum Gasteiger partial charge on any atom is -0.449 e. The van der Waals surface area contributed by atoms with E-state index >= 15 is 0 Å². The topological polar surface area (TPSA) is 51.8 Å². The first kappa shape index (κ1) is 18.8. The van der Waals surface area contributed by atoms with Gasteiger partial charge in [0, 0.05) is 29.6 Å². The number of hydrogen-bond acceptors (Lipinski definition) is 5. The Labute approximate surface area is 159 Å². The van der Waals surface area contributed by atoms with Crippen LogP contribution >= 0.6 is 11.3 Å². The molecule has 0 unspecified atom stereocenters. The summed E-state index contributed by atoms with van der Waals surface area (Å²) in [6, 6.07) is 4.25. The quantitative estimate of drug-likeness (QED) is 0.585. The molecule has 0 aromatic carbocycles. The van der Waals surface area contributed by atoms with E-state index in [0.29, 0.717) is 5.92 Å². The standard InChI is InChI=1S/C21H27N3OS/c1-14(2)11-18-24-17(13-25-18)21(5,6)16-8-7-15(12-23-16)20(3,4)19-22-9-10-26-19/h7-10,12-14H,11H2,1-6H3. The molecule has 0 amide bonds. The zero-order chi connectivity index (χ0) is 18.9. The Morgan fingerprint density at radius 2 is 1.81 bits per heavy atom. The van der Waals surface area contributed by atoms with Gasteiger partial charge in [0.2, 0.25) is 0 Å². The highest BCUT2D eigenvalue weighted by Gasteiger charge is 2.31. The maximum absolute atomic E-state index is 5.66. The maximum Gasteiger partial charge on any atom is 0.194 e. The normalized spacial score (nSPS) is 12.7. The third-order valence-corrected chi connectivity index (χ3v) is 5.96. The molecule has 0 spiro atoms. The monoisotopic (exact) mass is 369 g/mol. The van der Waals surface area contributed by atoms with Gasteiger partial charge in [0.25, 0.3) is 0 Å². The molecule has 0 N–H and O–H groups in total. The van der Waals surface area contributed by atoms with E-state index < -0.39 is 0 Å². The molecule has 5 heteroatoms. The van der Waals surface area contributed by atoms with E-state index in [-0.39, 0.29) is 10.8 Å². The van der Waals surface area contributed by atoms with Gasteiger partial charge < -0.3 is 4.42 Å². The number of thiazole rings is 1. The van der Waals surface area contributed by atoms with Crippen molar-refractivity contribution in [2.75, 3.05) is 0 Å². The lowest BCUT2D eigenvalue weighted by molar-refractivity contribution is 0.457. The molecule has 0 saturated heterocycles. The summed E-state index contributed by atoms with van der Waals surface area (Å²) in [6.07, 6.45) is 6.44. The third-order valence-electron chi connectivity index (χ3n) is 4.87. The largest absolute Gasteiger partial charge is 0.449 e. The fourth-order valence-electron chi connectivity index (χ4n) is 2.96. The molecule has 0 fully saturated rings. The SMILES string of the molecule is CC(C)Cc1nc(C(C)(C)c2ccc(C(C)(C)c3nccs3)cn2)co1. The van der Waals surface area contributed by atoms with E-state index in [9.17, 15) is 0 Å². The van der Waals surface area contributed by atoms with Crippen molar-refractivity contribution in [1.29, 1.82) is 0 Å². The Hall–Kier alpha value is -2.01. The molecule has 3 aromatic heterocycles. The molecule has 26 heavy (non-hydrogen) atoms. The third kappa shape index (κ3) is 3.58. The van der Waals surface area contributed by atoms with Crippen LogP contribution in [0.1, 0.15) is 69.4 Å². The highest BCUT2D eigenvalue weighted by Crippen LogP contribution is 2.34. The van der Waals surface area contributed by atoms with Crippen molar-refractivity contribution in [2.45, 2.75) is 58.8 Å². The van der Waals surface area contributed by atoms with Crippen LogP contribution < -0.4 is 0 Å². The second kappa shape index (κ2) is 6.95. The summed E-state index contributed by atoms with van der Waals surface area (Å²) < 4.78 is 5.66. The highest BCUT2D eigenvalue weighted by molar-refractivity contribution is 7.09. The van der Waals surface area contributed by atoms with E-state index in [1.807, 2.05) is 17.8 Å². The second-order valence-corrected chi connectivity index (χ2v) is 9.14. The Morgan fingerprint density at radius 1 is 1.04 bits per heavy atom. The van der Waals surface area contributed by atoms with E-state index in [1.165, 1.54) is 0 Å². The maximum atomic E-state index is 5.66. The molecular formula is C21H27N3OS. The number of oxazole rings is 1. The van der Waals surface area contributed by atoms with E-state index in [4.69, 9.17) is 14.4 Å². The molecule has 3 rings (SSSR count). The predicted molar refractivity (Wildman–Crippen MR) is 106 cm³/mol. The fourth-order valence-corrected chi connectivity index (χ4v) is 3.75. The summed E-state index contributed by atoms with van der Waals surface area (Å²) in [5, 5.41) is 3.11. The molecule has 0 bridgehead atoms. The van der Waals surface area contributed by atoms with Crippen LogP contribution in [0.25, 0.3) is 0 Å². The second-order valence-electron chi connectivity index (χ2n) is 8.24. The number of aromatic nitrogens is 3. The van der Waals surface area contributed by atoms with Crippen molar-refractivity contribution in [3.63, 3.8) is 0 Å². The molecule has 0 saturated carbocycles. The Balaban J connectivity index is 1.86. The van der Waals surface area contributed by atoms with Crippen molar-refractivity contribution in [2.24, 2.45) is 5.92 Å². The van der Waals surface area contributed by atoms with E-state index in [1.54, 1.807) is 17.6 Å². The van der Waals surface area contributed by atoms with Gasteiger partial charge >= 0.3 is 0 Å². The smallest absolute Gasteiger partial charge is 0.194 e. The minimum absolute atomic E-state index is 0.151. The van der Waals surface area contributed by atoms with Gasteiger partial charge in [0.15, 0.2) is 5.89 Å². The van der Waals surface area contributed by atoms with Gasteiger partial charge in [-0.1, -0.05) is 19.9 Å². The molecule has 0 aliphatic carbocycles. The molecule has 0 radical (unpaired) electrons. The van der Waals surface area contributed by atoms with Crippen LogP contribution in [0.5, 0.6) is 0 Å². The molecule has 0 atom stereocenters. The van der Waals surface area contributed by atoms with Crippen LogP contribution in [-0.4, -0.2) is 15.0 Å². The van der Waals surface area contributed by atoms with Crippen LogP contribution in [0.3, 0.4) is 0 Å². The van der Waals surface area contributed by atoms with E-state index in [2.05, 4.69) is 58.7 Å². The molecule has 3 heterocycles. The minimum atomic E-state index is -0.303. The van der Waals surface area contributed by atoms with Gasteiger partial charge in [-0.15, -0.1) is 11.3 Å². The van der Waals surface area contributed by atoms with E-state index in [0.717, 1.165) is 34.3 Å². The van der Waals surface area contributed by atoms with Gasteiger partial charge in [0.05, 0.1) is 16.8 Å². The predicted octanol–water partition coefficient (Wildman–Crippen LogP) is 5.38. The first-order valence-corrected chi connectivity index (χ1v) is 9.91. The lowest BCUT2D eigenvalue weighted by atomic mass is 9.83. The number of nitrogens with zero attached hydrogens (tertiary/aromatic N) is 3. The zero-order valence-corrected chi connectivity index (χ0v) is 17.2. The van der Waals surface area contributed by atoms with Gasteiger partial charge in [-0.05, 0) is 45.2 Å². The average molecular weight is 370 g/mol. The zero-order valence-electron chi connectivity index (χ0n) is 16.4. The van der Waals surface area contributed by atoms with Crippen LogP contribution in [0.15, 0.2) is 40.6 Å². The average Bonchev–Trinajstić information content (AvgIpc) is 3.26. The Bertz CT molecular complexity index is 846. The first-order valence-electron chi connectivity index (χ1n) is 9.03. The van der Waals surface area contributed by atoms with Crippen LogP contribution in [0.2, 0.25) is 0 Å². The lowest BCUT2D eigenvalue weighted by Gasteiger charge is -2.25. The van der Waals surface area contributed by atoms with Crippen molar-refractivity contribution < 1.29 is 4.42 Å². The summed E-state index contributed by atoms with van der Waals surface area (Å²) in [7, 11) is 0. The van der Waals surface area contributed by atoms with Crippen LogP contribution in [-0.2, 0) is 17.3 Å². The van der Waals surface area contributed by atoms with Crippen molar-refractivity contribution >= 4 is 11.3 Å². The van der Waals surface area contributed by atoms with Crippen molar-refractivity contribution in [3.8, 4) is 0 Å². The number of pyridine rings is 1. The first-order chi connectivity index (χ1) is 12.2. The molecule has 0 aliphatic rings. The van der Waals surface area contributed by atoms with Crippen LogP contribution in [0.4, 0.5) is 0 Å². The van der Waals surface area contributed by atoms with Gasteiger partial charge in [-0.25, -0.2) is 9.97 Å². The highest BCUT2D eigenvalue weighted by atomic mass is 32.1. The van der Waals surface area contributed by atoms with Crippen LogP contribution in [0, 0.1) is 5.92 Å². The Morgan fingerprint density at radius 3 is 2.38 bits per heavy atom. The molecule has 0 aliphatic heterocycles. The summed E-state index contributed by atoms with van der Waals surface area (Å²) in [6.45, 7) is 13.0. The van der Waals surface area contributed by atoms with Gasteiger partial charge in [-0.2, -0.15) is 0 Å². The summed E-state index contributed by atoms with van der Waals surface area (Å²) in [4.78, 5) is 13.9. The van der Waals surface area contributed by atoms with Crippen molar-refractivity contribution in [3.05, 3.63) is 64.0 Å². The summed E-state index contributed by atoms with van der Waals surface area (Å²) in [5.41, 5.74) is 2.62. The van der Waals surface area contributed by atoms with Gasteiger partial charge in [-0.3, -0.25) is 4.98 Å². The molecular weight excluding hydrogens is 342 g/mol. The molecule has 138 valence electrons. The fraction of sp³-hybridized carbons (Fsp3) is 0.476. The van der Waals surface area contributed by atoms with Crippen molar-refractivity contribution in [1.82, 2.24) is 15.0 Å². The molecule has 4 nitrogen and oxygen atoms in total. The summed E-state index contributed by atoms with van der Waals surface area (Å²) >= 11 is 1.68. The number of hydrogen-bond donors (Lipinski definition) is 0. The van der Waals surface area contributed by atoms with Gasteiger partial charge in [0.1, 0.15) is 11.3 Å². The summed E-state index contributed by atoms with van der Waals surface area (Å²) in [5.74, 6) is 1.32. The Kier molecular flexibility index (Phi) is 5.02. The lowest BCUT2D eigenvalue weighted by Crippen LogP contribution is -2.23.